The predicted octanol–water partition coefficient (Wildman–Crippen LogP) is 1.75. The first-order valence-electron chi connectivity index (χ1n) is 2.49. The van der Waals surface area contributed by atoms with E-state index >= 15 is 0 Å². The molecular weight excluding hydrogens is 110 g/mol. The lowest BCUT2D eigenvalue weighted by Gasteiger charge is -2.12. The zero-order valence-corrected chi connectivity index (χ0v) is 4.86. The minimum Gasteiger partial charge on any atom is -0.293 e. The monoisotopic (exact) mass is 117 g/mol. The molecule has 1 nitrogen and oxygen atoms in total. The Bertz CT molecular complexity index is 80.1. The molecule has 0 bridgehead atoms. The van der Waals surface area contributed by atoms with Crippen molar-refractivity contribution < 1.29 is 0 Å². The van der Waals surface area contributed by atoms with Gasteiger partial charge in [0.1, 0.15) is 0 Å². The van der Waals surface area contributed by atoms with Crippen molar-refractivity contribution in [1.82, 2.24) is 4.42 Å². The van der Waals surface area contributed by atoms with Gasteiger partial charge in [-0.2, -0.15) is 0 Å². The molecule has 0 aromatic rings. The smallest absolute Gasteiger partial charge is 0.0345 e. The van der Waals surface area contributed by atoms with Crippen molar-refractivity contribution in [2.45, 2.75) is 12.8 Å². The molecule has 0 N–H and O–H groups in total. The van der Waals surface area contributed by atoms with E-state index in [9.17, 15) is 0 Å². The lowest BCUT2D eigenvalue weighted by Crippen LogP contribution is -2.08. The van der Waals surface area contributed by atoms with Gasteiger partial charge >= 0.3 is 0 Å². The predicted molar refractivity (Wildman–Crippen MR) is 30.9 cm³/mol. The van der Waals surface area contributed by atoms with Crippen molar-refractivity contribution in [3.8, 4) is 0 Å². The molecule has 0 amide bonds. The third-order valence-corrected chi connectivity index (χ3v) is 1.29. The first-order valence-corrected chi connectivity index (χ1v) is 2.82. The molecule has 0 saturated heterocycles. The Morgan fingerprint density at radius 1 is 1.57 bits per heavy atom. The van der Waals surface area contributed by atoms with Crippen LogP contribution in [0.3, 0.4) is 0 Å². The Labute approximate surface area is 48.7 Å². The van der Waals surface area contributed by atoms with Gasteiger partial charge in [0.25, 0.3) is 0 Å². The number of rotatable bonds is 0. The topological polar surface area (TPSA) is 3.24 Å². The van der Waals surface area contributed by atoms with Gasteiger partial charge in [-0.1, -0.05) is 6.08 Å². The van der Waals surface area contributed by atoms with Gasteiger partial charge < -0.3 is 0 Å². The fraction of sp³-hybridized carbons (Fsp3) is 0.600. The summed E-state index contributed by atoms with van der Waals surface area (Å²) in [6, 6.07) is 0. The standard InChI is InChI=1S/C5H8ClN/c6-7-4-2-1-3-5-7/h2,4H,1,3,5H2. The summed E-state index contributed by atoms with van der Waals surface area (Å²) in [4.78, 5) is 0. The molecule has 0 unspecified atom stereocenters. The SMILES string of the molecule is ClN1C=CCCC1. The maximum absolute atomic E-state index is 5.56. The van der Waals surface area contributed by atoms with Gasteiger partial charge in [0.05, 0.1) is 0 Å². The highest BCUT2D eigenvalue weighted by atomic mass is 35.5. The Morgan fingerprint density at radius 3 is 2.71 bits per heavy atom. The van der Waals surface area contributed by atoms with Crippen molar-refractivity contribution >= 4 is 11.8 Å². The third kappa shape index (κ3) is 1.39. The molecule has 0 fully saturated rings. The largest absolute Gasteiger partial charge is 0.293 e. The van der Waals surface area contributed by atoms with Crippen LogP contribution in [-0.2, 0) is 0 Å². The van der Waals surface area contributed by atoms with E-state index < -0.39 is 0 Å². The molecule has 0 saturated carbocycles. The lowest BCUT2D eigenvalue weighted by molar-refractivity contribution is 0.546. The highest BCUT2D eigenvalue weighted by Crippen LogP contribution is 2.06. The van der Waals surface area contributed by atoms with Crippen LogP contribution in [0.5, 0.6) is 0 Å². The molecule has 2 heteroatoms. The molecule has 0 aromatic heterocycles. The van der Waals surface area contributed by atoms with E-state index in [1.165, 1.54) is 12.8 Å². The molecule has 0 atom stereocenters. The van der Waals surface area contributed by atoms with Crippen LogP contribution in [-0.4, -0.2) is 11.0 Å². The van der Waals surface area contributed by atoms with E-state index in [-0.39, 0.29) is 0 Å². The van der Waals surface area contributed by atoms with E-state index in [1.54, 1.807) is 4.42 Å². The molecule has 1 rings (SSSR count). The summed E-state index contributed by atoms with van der Waals surface area (Å²) in [6.45, 7) is 0.998. The van der Waals surface area contributed by atoms with E-state index in [1.807, 2.05) is 6.20 Å². The lowest BCUT2D eigenvalue weighted by atomic mass is 10.2. The van der Waals surface area contributed by atoms with Crippen molar-refractivity contribution in [2.75, 3.05) is 6.54 Å². The summed E-state index contributed by atoms with van der Waals surface area (Å²) in [5, 5.41) is 0. The van der Waals surface area contributed by atoms with Crippen LogP contribution >= 0.6 is 11.8 Å². The molecule has 0 aliphatic carbocycles. The first kappa shape index (κ1) is 4.98. The zero-order chi connectivity index (χ0) is 5.11. The first-order chi connectivity index (χ1) is 3.39. The van der Waals surface area contributed by atoms with Gasteiger partial charge in [-0.25, -0.2) is 0 Å². The number of hydrogen-bond donors (Lipinski definition) is 0. The molecule has 0 spiro atoms. The maximum atomic E-state index is 5.56. The number of halogens is 1. The number of nitrogens with zero attached hydrogens (tertiary/aromatic N) is 1. The Morgan fingerprint density at radius 2 is 2.43 bits per heavy atom. The molecule has 0 aromatic carbocycles. The van der Waals surface area contributed by atoms with E-state index in [4.69, 9.17) is 11.8 Å². The molecule has 0 radical (unpaired) electrons. The molecule has 1 aliphatic rings. The van der Waals surface area contributed by atoms with Crippen molar-refractivity contribution in [2.24, 2.45) is 0 Å². The van der Waals surface area contributed by atoms with Crippen LogP contribution in [0, 0.1) is 0 Å². The van der Waals surface area contributed by atoms with Gasteiger partial charge in [0.15, 0.2) is 0 Å². The van der Waals surface area contributed by atoms with Crippen molar-refractivity contribution in [3.63, 3.8) is 0 Å². The van der Waals surface area contributed by atoms with Crippen LogP contribution < -0.4 is 0 Å². The minimum atomic E-state index is 0.998. The highest BCUT2D eigenvalue weighted by Gasteiger charge is 1.96. The van der Waals surface area contributed by atoms with Gasteiger partial charge in [-0.15, -0.1) is 0 Å². The fourth-order valence-corrected chi connectivity index (χ4v) is 0.823. The van der Waals surface area contributed by atoms with Gasteiger partial charge in [0.2, 0.25) is 0 Å². The molecule has 1 aliphatic heterocycles. The van der Waals surface area contributed by atoms with Crippen LogP contribution in [0.2, 0.25) is 0 Å². The second-order valence-corrected chi connectivity index (χ2v) is 2.08. The van der Waals surface area contributed by atoms with Crippen molar-refractivity contribution in [3.05, 3.63) is 12.3 Å². The van der Waals surface area contributed by atoms with Crippen LogP contribution in [0.25, 0.3) is 0 Å². The van der Waals surface area contributed by atoms with Gasteiger partial charge in [-0.3, -0.25) is 4.42 Å². The third-order valence-electron chi connectivity index (χ3n) is 1.01. The Balaban J connectivity index is 2.36. The minimum absolute atomic E-state index is 0.998. The molecule has 1 heterocycles. The normalized spacial score (nSPS) is 20.4. The second kappa shape index (κ2) is 2.22. The summed E-state index contributed by atoms with van der Waals surface area (Å²) < 4.78 is 1.68. The zero-order valence-electron chi connectivity index (χ0n) is 4.10. The summed E-state index contributed by atoms with van der Waals surface area (Å²) in [7, 11) is 0. The highest BCUT2D eigenvalue weighted by molar-refractivity contribution is 6.14. The Hall–Kier alpha value is -0.170. The maximum Gasteiger partial charge on any atom is 0.0345 e. The number of allylic oxidation sites excluding steroid dienone is 1. The van der Waals surface area contributed by atoms with E-state index in [0.29, 0.717) is 0 Å². The quantitative estimate of drug-likeness (QED) is 0.437. The van der Waals surface area contributed by atoms with Gasteiger partial charge in [0, 0.05) is 24.5 Å². The molecular formula is C5H8ClN. The number of hydrogen-bond acceptors (Lipinski definition) is 1. The van der Waals surface area contributed by atoms with Crippen LogP contribution in [0.1, 0.15) is 12.8 Å². The van der Waals surface area contributed by atoms with Crippen molar-refractivity contribution in [1.29, 1.82) is 0 Å². The summed E-state index contributed by atoms with van der Waals surface area (Å²) in [5.41, 5.74) is 0. The Kier molecular flexibility index (Phi) is 1.58. The summed E-state index contributed by atoms with van der Waals surface area (Å²) in [5.74, 6) is 0. The van der Waals surface area contributed by atoms with Gasteiger partial charge in [-0.05, 0) is 12.8 Å². The second-order valence-electron chi connectivity index (χ2n) is 1.65. The molecule has 40 valence electrons. The fourth-order valence-electron chi connectivity index (χ4n) is 0.624. The average Bonchev–Trinajstić information content (AvgIpc) is 1.69. The average molecular weight is 118 g/mol. The molecule has 7 heavy (non-hydrogen) atoms. The van der Waals surface area contributed by atoms with E-state index in [2.05, 4.69) is 6.08 Å². The van der Waals surface area contributed by atoms with Crippen LogP contribution in [0.15, 0.2) is 12.3 Å². The summed E-state index contributed by atoms with van der Waals surface area (Å²) in [6.07, 6.45) is 6.37. The van der Waals surface area contributed by atoms with Crippen LogP contribution in [0.4, 0.5) is 0 Å². The summed E-state index contributed by atoms with van der Waals surface area (Å²) >= 11 is 5.56. The van der Waals surface area contributed by atoms with E-state index in [0.717, 1.165) is 6.54 Å².